The van der Waals surface area contributed by atoms with E-state index in [1.54, 1.807) is 24.3 Å². The molecule has 2 rings (SSSR count). The number of benzene rings is 1. The Kier molecular flexibility index (Phi) is 5.73. The Labute approximate surface area is 136 Å². The first-order chi connectivity index (χ1) is 10.1. The molecule has 0 radical (unpaired) electrons. The van der Waals surface area contributed by atoms with Crippen LogP contribution in [0.25, 0.3) is 16.5 Å². The molecular weight excluding hydrogens is 350 g/mol. The van der Waals surface area contributed by atoms with Crippen LogP contribution in [0.1, 0.15) is 11.8 Å². The first kappa shape index (κ1) is 15.9. The maximum atomic E-state index is 11.6. The minimum Gasteiger partial charge on any atom is -0.394 e. The molecule has 0 aliphatic carbocycles. The second-order valence-corrected chi connectivity index (χ2v) is 6.67. The van der Waals surface area contributed by atoms with E-state index in [2.05, 4.69) is 33.4 Å². The Hall–Kier alpha value is -1.43. The van der Waals surface area contributed by atoms with Crippen LogP contribution in [-0.2, 0) is 4.79 Å². The van der Waals surface area contributed by atoms with Gasteiger partial charge in [0.15, 0.2) is 0 Å². The van der Waals surface area contributed by atoms with Gasteiger partial charge in [0.05, 0.1) is 6.61 Å². The van der Waals surface area contributed by atoms with E-state index in [1.165, 1.54) is 6.08 Å². The number of rotatable bonds is 5. The molecule has 0 fully saturated rings. The van der Waals surface area contributed by atoms with Gasteiger partial charge in [-0.05, 0) is 42.8 Å². The summed E-state index contributed by atoms with van der Waals surface area (Å²) >= 11 is 5.05. The van der Waals surface area contributed by atoms with Gasteiger partial charge >= 0.3 is 0 Å². The minimum absolute atomic E-state index is 0.0632. The van der Waals surface area contributed by atoms with Crippen molar-refractivity contribution in [3.8, 4) is 10.4 Å². The summed E-state index contributed by atoms with van der Waals surface area (Å²) in [4.78, 5) is 13.8. The molecular formula is C16H16BrNO2S. The highest BCUT2D eigenvalue weighted by atomic mass is 79.9. The number of thiophene rings is 1. The van der Waals surface area contributed by atoms with E-state index >= 15 is 0 Å². The second-order valence-electron chi connectivity index (χ2n) is 4.63. The summed E-state index contributed by atoms with van der Waals surface area (Å²) in [7, 11) is 0. The van der Waals surface area contributed by atoms with Crippen LogP contribution in [-0.4, -0.2) is 23.7 Å². The summed E-state index contributed by atoms with van der Waals surface area (Å²) in [6.45, 7) is 1.69. The highest BCUT2D eigenvalue weighted by molar-refractivity contribution is 9.10. The maximum Gasteiger partial charge on any atom is 0.244 e. The molecule has 5 heteroatoms. The third-order valence-corrected chi connectivity index (χ3v) is 4.45. The Morgan fingerprint density at radius 3 is 2.71 bits per heavy atom. The van der Waals surface area contributed by atoms with E-state index < -0.39 is 0 Å². The summed E-state index contributed by atoms with van der Waals surface area (Å²) < 4.78 is 1.05. The maximum absolute atomic E-state index is 11.6. The number of carbonyl (C=O) groups is 1. The van der Waals surface area contributed by atoms with Crippen molar-refractivity contribution in [1.82, 2.24) is 5.32 Å². The molecule has 1 heterocycles. The fraction of sp³-hybridized carbons (Fsp3) is 0.188. The zero-order valence-electron chi connectivity index (χ0n) is 11.5. The van der Waals surface area contributed by atoms with Crippen LogP contribution in [0.4, 0.5) is 0 Å². The highest BCUT2D eigenvalue weighted by Crippen LogP contribution is 2.29. The summed E-state index contributed by atoms with van der Waals surface area (Å²) in [5, 5.41) is 11.5. The van der Waals surface area contributed by atoms with Crippen molar-refractivity contribution in [1.29, 1.82) is 0 Å². The van der Waals surface area contributed by atoms with Crippen molar-refractivity contribution < 1.29 is 9.90 Å². The first-order valence-corrected chi connectivity index (χ1v) is 8.14. The van der Waals surface area contributed by atoms with Gasteiger partial charge in [-0.3, -0.25) is 4.79 Å². The Bertz CT molecular complexity index is 634. The molecule has 0 aliphatic rings. The van der Waals surface area contributed by atoms with Crippen LogP contribution in [0.15, 0.2) is 46.9 Å². The smallest absolute Gasteiger partial charge is 0.244 e. The van der Waals surface area contributed by atoms with E-state index in [4.69, 9.17) is 5.11 Å². The van der Waals surface area contributed by atoms with E-state index in [0.717, 1.165) is 19.8 Å². The van der Waals surface area contributed by atoms with Crippen LogP contribution in [0.3, 0.4) is 0 Å². The number of hydrogen-bond acceptors (Lipinski definition) is 3. The molecule has 2 aromatic rings. The molecule has 3 nitrogen and oxygen atoms in total. The molecule has 0 bridgehead atoms. The Balaban J connectivity index is 2.03. The summed E-state index contributed by atoms with van der Waals surface area (Å²) in [6, 6.07) is 11.9. The predicted octanol–water partition coefficient (Wildman–Crippen LogP) is 3.69. The van der Waals surface area contributed by atoms with Crippen molar-refractivity contribution >= 4 is 39.2 Å². The van der Waals surface area contributed by atoms with Gasteiger partial charge in [0.2, 0.25) is 5.91 Å². The fourth-order valence-corrected chi connectivity index (χ4v) is 2.89. The standard InChI is InChI=1S/C16H16BrNO2S/c1-11(10-19)18-16(20)9-7-14-6-8-15(21-14)12-2-4-13(17)5-3-12/h2-9,11,19H,10H2,1H3,(H,18,20)/b9-7+. The van der Waals surface area contributed by atoms with Gasteiger partial charge in [-0.25, -0.2) is 0 Å². The molecule has 21 heavy (non-hydrogen) atoms. The van der Waals surface area contributed by atoms with Gasteiger partial charge in [-0.1, -0.05) is 28.1 Å². The SMILES string of the molecule is CC(CO)NC(=O)/C=C/c1ccc(-c2ccc(Br)cc2)s1. The number of amides is 1. The lowest BCUT2D eigenvalue weighted by Crippen LogP contribution is -2.33. The van der Waals surface area contributed by atoms with Gasteiger partial charge in [0.1, 0.15) is 0 Å². The van der Waals surface area contributed by atoms with Crippen molar-refractivity contribution in [2.24, 2.45) is 0 Å². The summed E-state index contributed by atoms with van der Waals surface area (Å²) in [6.07, 6.45) is 3.27. The zero-order valence-corrected chi connectivity index (χ0v) is 13.9. The van der Waals surface area contributed by atoms with Crippen LogP contribution >= 0.6 is 27.3 Å². The van der Waals surface area contributed by atoms with Crippen molar-refractivity contribution in [3.63, 3.8) is 0 Å². The number of carbonyl (C=O) groups excluding carboxylic acids is 1. The van der Waals surface area contributed by atoms with E-state index in [1.807, 2.05) is 24.3 Å². The van der Waals surface area contributed by atoms with Gasteiger partial charge < -0.3 is 10.4 Å². The molecule has 0 saturated carbocycles. The van der Waals surface area contributed by atoms with Crippen molar-refractivity contribution in [3.05, 3.63) is 51.8 Å². The molecule has 1 aromatic heterocycles. The number of hydrogen-bond donors (Lipinski definition) is 2. The third kappa shape index (κ3) is 4.81. The Morgan fingerprint density at radius 1 is 1.33 bits per heavy atom. The lowest BCUT2D eigenvalue weighted by molar-refractivity contribution is -0.117. The van der Waals surface area contributed by atoms with Gasteiger partial charge in [-0.2, -0.15) is 0 Å². The molecule has 1 unspecified atom stereocenters. The average Bonchev–Trinajstić information content (AvgIpc) is 2.94. The second kappa shape index (κ2) is 7.54. The molecule has 1 atom stereocenters. The van der Waals surface area contributed by atoms with Crippen LogP contribution in [0.2, 0.25) is 0 Å². The Morgan fingerprint density at radius 2 is 2.05 bits per heavy atom. The quantitative estimate of drug-likeness (QED) is 0.793. The van der Waals surface area contributed by atoms with E-state index in [9.17, 15) is 4.79 Å². The molecule has 1 amide bonds. The zero-order chi connectivity index (χ0) is 15.2. The lowest BCUT2D eigenvalue weighted by atomic mass is 10.2. The van der Waals surface area contributed by atoms with Crippen LogP contribution < -0.4 is 5.32 Å². The molecule has 1 aromatic carbocycles. The van der Waals surface area contributed by atoms with Crippen molar-refractivity contribution in [2.75, 3.05) is 6.61 Å². The average molecular weight is 366 g/mol. The molecule has 0 aliphatic heterocycles. The highest BCUT2D eigenvalue weighted by Gasteiger charge is 2.04. The first-order valence-electron chi connectivity index (χ1n) is 6.53. The summed E-state index contributed by atoms with van der Waals surface area (Å²) in [5.41, 5.74) is 1.15. The summed E-state index contributed by atoms with van der Waals surface area (Å²) in [5.74, 6) is -0.199. The number of aliphatic hydroxyl groups is 1. The van der Waals surface area contributed by atoms with E-state index in [-0.39, 0.29) is 18.6 Å². The van der Waals surface area contributed by atoms with Gasteiger partial charge in [0, 0.05) is 26.3 Å². The number of halogens is 1. The van der Waals surface area contributed by atoms with Gasteiger partial charge in [0.25, 0.3) is 0 Å². The number of aliphatic hydroxyl groups excluding tert-OH is 1. The molecule has 2 N–H and O–H groups in total. The molecule has 0 saturated heterocycles. The largest absolute Gasteiger partial charge is 0.394 e. The van der Waals surface area contributed by atoms with Crippen LogP contribution in [0, 0.1) is 0 Å². The van der Waals surface area contributed by atoms with Crippen LogP contribution in [0.5, 0.6) is 0 Å². The third-order valence-electron chi connectivity index (χ3n) is 2.82. The minimum atomic E-state index is -0.233. The van der Waals surface area contributed by atoms with Gasteiger partial charge in [-0.15, -0.1) is 11.3 Å². The normalized spacial score (nSPS) is 12.5. The molecule has 110 valence electrons. The fourth-order valence-electron chi connectivity index (χ4n) is 1.71. The lowest BCUT2D eigenvalue weighted by Gasteiger charge is -2.07. The van der Waals surface area contributed by atoms with E-state index in [0.29, 0.717) is 0 Å². The number of nitrogens with one attached hydrogen (secondary N) is 1. The monoisotopic (exact) mass is 365 g/mol. The predicted molar refractivity (Wildman–Crippen MR) is 91.2 cm³/mol. The molecule has 0 spiro atoms. The topological polar surface area (TPSA) is 49.3 Å². The van der Waals surface area contributed by atoms with Crippen molar-refractivity contribution in [2.45, 2.75) is 13.0 Å².